The van der Waals surface area contributed by atoms with Crippen LogP contribution in [0.1, 0.15) is 29.9 Å². The summed E-state index contributed by atoms with van der Waals surface area (Å²) in [6.45, 7) is 7.05. The van der Waals surface area contributed by atoms with Crippen molar-refractivity contribution >= 4 is 0 Å². The Hall–Kier alpha value is -1.72. The monoisotopic (exact) mass is 261 g/mol. The van der Waals surface area contributed by atoms with Gasteiger partial charge in [-0.3, -0.25) is 0 Å². The summed E-state index contributed by atoms with van der Waals surface area (Å²) < 4.78 is 10.5. The van der Waals surface area contributed by atoms with E-state index in [1.54, 1.807) is 0 Å². The van der Waals surface area contributed by atoms with Gasteiger partial charge in [0.05, 0.1) is 12.6 Å². The molecule has 0 amide bonds. The third-order valence-corrected chi connectivity index (χ3v) is 3.03. The first kappa shape index (κ1) is 13.7. The van der Waals surface area contributed by atoms with Crippen molar-refractivity contribution in [2.45, 2.75) is 26.8 Å². The maximum absolute atomic E-state index is 5.92. The Morgan fingerprint density at radius 2 is 2.11 bits per heavy atom. The molecule has 0 radical (unpaired) electrons. The third kappa shape index (κ3) is 3.19. The van der Waals surface area contributed by atoms with Gasteiger partial charge in [0.1, 0.15) is 0 Å². The Labute approximate surface area is 112 Å². The fourth-order valence-corrected chi connectivity index (χ4v) is 1.70. The van der Waals surface area contributed by atoms with Crippen LogP contribution in [0.5, 0.6) is 0 Å². The molecule has 0 fully saturated rings. The van der Waals surface area contributed by atoms with Crippen molar-refractivity contribution in [3.05, 3.63) is 35.2 Å². The number of hydrogen-bond donors (Lipinski definition) is 1. The van der Waals surface area contributed by atoms with Gasteiger partial charge in [-0.15, -0.1) is 0 Å². The molecule has 2 rings (SSSR count). The van der Waals surface area contributed by atoms with Crippen molar-refractivity contribution in [3.8, 4) is 11.5 Å². The van der Waals surface area contributed by atoms with Gasteiger partial charge in [-0.05, 0) is 44.0 Å². The van der Waals surface area contributed by atoms with E-state index in [4.69, 9.17) is 15.0 Å². The molecule has 2 N–H and O–H groups in total. The highest BCUT2D eigenvalue weighted by Gasteiger charge is 2.15. The molecule has 0 aliphatic carbocycles. The predicted octanol–water partition coefficient (Wildman–Crippen LogP) is 2.39. The third-order valence-electron chi connectivity index (χ3n) is 3.03. The quantitative estimate of drug-likeness (QED) is 0.894. The summed E-state index contributed by atoms with van der Waals surface area (Å²) in [5.41, 5.74) is 9.25. The molecule has 1 atom stereocenters. The largest absolute Gasteiger partial charge is 0.380 e. The van der Waals surface area contributed by atoms with E-state index in [1.807, 2.05) is 25.1 Å². The molecule has 0 saturated heterocycles. The zero-order valence-corrected chi connectivity index (χ0v) is 11.5. The van der Waals surface area contributed by atoms with Crippen LogP contribution in [0, 0.1) is 13.8 Å². The van der Waals surface area contributed by atoms with Crippen molar-refractivity contribution in [2.24, 2.45) is 5.73 Å². The number of aromatic nitrogens is 2. The number of nitrogens with two attached hydrogens (primary N) is 1. The Bertz CT molecular complexity index is 551. The summed E-state index contributed by atoms with van der Waals surface area (Å²) in [6.07, 6.45) is 0. The molecule has 0 aliphatic rings. The molecule has 0 bridgehead atoms. The Morgan fingerprint density at radius 3 is 2.79 bits per heavy atom. The minimum Gasteiger partial charge on any atom is -0.380 e. The van der Waals surface area contributed by atoms with Gasteiger partial charge in [0.25, 0.3) is 5.89 Å². The van der Waals surface area contributed by atoms with Gasteiger partial charge in [-0.1, -0.05) is 11.2 Å². The van der Waals surface area contributed by atoms with E-state index < -0.39 is 0 Å². The summed E-state index contributed by atoms with van der Waals surface area (Å²) in [4.78, 5) is 4.32. The Balaban J connectivity index is 2.18. The number of ether oxygens (including phenoxy) is 1. The number of benzene rings is 1. The van der Waals surface area contributed by atoms with Crippen LogP contribution in [0.2, 0.25) is 0 Å². The van der Waals surface area contributed by atoms with Gasteiger partial charge in [0.2, 0.25) is 0 Å². The van der Waals surface area contributed by atoms with Gasteiger partial charge in [-0.25, -0.2) is 0 Å². The highest BCUT2D eigenvalue weighted by molar-refractivity contribution is 5.55. The summed E-state index contributed by atoms with van der Waals surface area (Å²) in [7, 11) is 0. The summed E-state index contributed by atoms with van der Waals surface area (Å²) in [5, 5.41) is 3.91. The van der Waals surface area contributed by atoms with E-state index in [0.29, 0.717) is 24.9 Å². The molecule has 102 valence electrons. The van der Waals surface area contributed by atoms with E-state index in [1.165, 1.54) is 11.1 Å². The lowest BCUT2D eigenvalue weighted by molar-refractivity contribution is 0.130. The number of hydrogen-bond acceptors (Lipinski definition) is 5. The second kappa shape index (κ2) is 5.95. The van der Waals surface area contributed by atoms with E-state index in [2.05, 4.69) is 24.0 Å². The molecule has 1 unspecified atom stereocenters. The van der Waals surface area contributed by atoms with Crippen LogP contribution in [-0.4, -0.2) is 23.4 Å². The van der Waals surface area contributed by atoms with Gasteiger partial charge in [0, 0.05) is 12.2 Å². The second-order valence-electron chi connectivity index (χ2n) is 4.52. The maximum atomic E-state index is 5.92. The Morgan fingerprint density at radius 1 is 1.32 bits per heavy atom. The highest BCUT2D eigenvalue weighted by Crippen LogP contribution is 2.21. The van der Waals surface area contributed by atoms with Crippen LogP contribution in [-0.2, 0) is 4.74 Å². The van der Waals surface area contributed by atoms with Gasteiger partial charge >= 0.3 is 0 Å². The molecular weight excluding hydrogens is 242 g/mol. The van der Waals surface area contributed by atoms with Crippen molar-refractivity contribution in [3.63, 3.8) is 0 Å². The molecule has 1 heterocycles. The molecular formula is C14H19N3O2. The number of nitrogens with zero attached hydrogens (tertiary/aromatic N) is 2. The molecule has 19 heavy (non-hydrogen) atoms. The molecule has 0 aliphatic heterocycles. The molecule has 0 spiro atoms. The smallest absolute Gasteiger partial charge is 0.257 e. The van der Waals surface area contributed by atoms with Crippen LogP contribution in [0.4, 0.5) is 0 Å². The highest BCUT2D eigenvalue weighted by atomic mass is 16.5. The van der Waals surface area contributed by atoms with Crippen LogP contribution in [0.15, 0.2) is 22.7 Å². The summed E-state index contributed by atoms with van der Waals surface area (Å²) >= 11 is 0. The minimum absolute atomic E-state index is 0.357. The lowest BCUT2D eigenvalue weighted by Crippen LogP contribution is -2.18. The average molecular weight is 261 g/mol. The average Bonchev–Trinajstić information content (AvgIpc) is 2.89. The predicted molar refractivity (Wildman–Crippen MR) is 72.6 cm³/mol. The van der Waals surface area contributed by atoms with Crippen molar-refractivity contribution in [1.82, 2.24) is 10.1 Å². The first-order chi connectivity index (χ1) is 9.11. The molecule has 1 aromatic heterocycles. The zero-order chi connectivity index (χ0) is 13.8. The fourth-order valence-electron chi connectivity index (χ4n) is 1.70. The van der Waals surface area contributed by atoms with Crippen LogP contribution < -0.4 is 5.73 Å². The lowest BCUT2D eigenvalue weighted by atomic mass is 10.1. The fraction of sp³-hybridized carbons (Fsp3) is 0.429. The summed E-state index contributed by atoms with van der Waals surface area (Å²) in [6, 6.07) is 5.67. The lowest BCUT2D eigenvalue weighted by Gasteiger charge is -2.05. The first-order valence-corrected chi connectivity index (χ1v) is 6.36. The number of rotatable bonds is 5. The molecule has 5 nitrogen and oxygen atoms in total. The van der Waals surface area contributed by atoms with E-state index in [9.17, 15) is 0 Å². The van der Waals surface area contributed by atoms with Gasteiger partial charge in [-0.2, -0.15) is 4.98 Å². The molecule has 1 aromatic carbocycles. The van der Waals surface area contributed by atoms with Gasteiger partial charge in [0.15, 0.2) is 5.82 Å². The normalized spacial score (nSPS) is 12.6. The SMILES string of the molecule is CCOCC(N)c1noc(-c2ccc(C)c(C)c2)n1. The number of aryl methyl sites for hydroxylation is 2. The van der Waals surface area contributed by atoms with Crippen molar-refractivity contribution < 1.29 is 9.26 Å². The Kier molecular flexibility index (Phi) is 4.29. The van der Waals surface area contributed by atoms with E-state index >= 15 is 0 Å². The van der Waals surface area contributed by atoms with E-state index in [-0.39, 0.29) is 6.04 Å². The zero-order valence-electron chi connectivity index (χ0n) is 11.5. The topological polar surface area (TPSA) is 74.2 Å². The van der Waals surface area contributed by atoms with Crippen LogP contribution in [0.25, 0.3) is 11.5 Å². The van der Waals surface area contributed by atoms with Crippen LogP contribution in [0.3, 0.4) is 0 Å². The van der Waals surface area contributed by atoms with Crippen molar-refractivity contribution in [2.75, 3.05) is 13.2 Å². The van der Waals surface area contributed by atoms with Crippen molar-refractivity contribution in [1.29, 1.82) is 0 Å². The molecule has 0 saturated carbocycles. The molecule has 2 aromatic rings. The molecule has 5 heteroatoms. The van der Waals surface area contributed by atoms with Gasteiger partial charge < -0.3 is 15.0 Å². The summed E-state index contributed by atoms with van der Waals surface area (Å²) in [5.74, 6) is 0.965. The van der Waals surface area contributed by atoms with Crippen LogP contribution >= 0.6 is 0 Å². The minimum atomic E-state index is -0.357. The maximum Gasteiger partial charge on any atom is 0.257 e. The van der Waals surface area contributed by atoms with E-state index in [0.717, 1.165) is 5.56 Å². The first-order valence-electron chi connectivity index (χ1n) is 6.36. The standard InChI is InChI=1S/C14H19N3O2/c1-4-18-8-12(15)13-16-14(19-17-13)11-6-5-9(2)10(3)7-11/h5-7,12H,4,8,15H2,1-3H3. The second-order valence-corrected chi connectivity index (χ2v) is 4.52.